The third-order valence-corrected chi connectivity index (χ3v) is 12.7. The van der Waals surface area contributed by atoms with Crippen molar-refractivity contribution in [3.8, 4) is 22.3 Å². The third-order valence-electron chi connectivity index (χ3n) is 11.5. The Bertz CT molecular complexity index is 3000. The molecule has 0 radical (unpaired) electrons. The quantitative estimate of drug-likeness (QED) is 0.166. The number of anilines is 3. The molecule has 1 aliphatic rings. The highest BCUT2D eigenvalue weighted by Crippen LogP contribution is 2.57. The zero-order chi connectivity index (χ0) is 36.3. The second kappa shape index (κ2) is 12.7. The summed E-state index contributed by atoms with van der Waals surface area (Å²) in [6.45, 7) is 0. The highest BCUT2D eigenvalue weighted by molar-refractivity contribution is 7.25. The average molecular weight is 718 g/mol. The molecule has 258 valence electrons. The molecule has 0 amide bonds. The number of fused-ring (bicyclic) bond motifs is 7. The Kier molecular flexibility index (Phi) is 7.33. The van der Waals surface area contributed by atoms with Crippen LogP contribution in [0.3, 0.4) is 0 Å². The largest absolute Gasteiger partial charge is 0.309 e. The maximum atomic E-state index is 2.50. The maximum absolute atomic E-state index is 2.50. The molecule has 0 aliphatic heterocycles. The minimum Gasteiger partial charge on any atom is -0.309 e. The van der Waals surface area contributed by atoms with Gasteiger partial charge in [-0.2, -0.15) is 0 Å². The minimum atomic E-state index is -0.501. The van der Waals surface area contributed by atoms with Gasteiger partial charge >= 0.3 is 0 Å². The van der Waals surface area contributed by atoms with Crippen LogP contribution in [0.1, 0.15) is 22.3 Å². The lowest BCUT2D eigenvalue weighted by atomic mass is 9.67. The van der Waals surface area contributed by atoms with Gasteiger partial charge in [-0.25, -0.2) is 0 Å². The van der Waals surface area contributed by atoms with Crippen molar-refractivity contribution >= 4 is 59.3 Å². The summed E-state index contributed by atoms with van der Waals surface area (Å²) in [6.07, 6.45) is 0. The number of para-hydroxylation sites is 1. The highest BCUT2D eigenvalue weighted by Gasteiger charge is 2.46. The number of hydrogen-bond donors (Lipinski definition) is 0. The van der Waals surface area contributed by atoms with Crippen molar-refractivity contribution in [3.63, 3.8) is 0 Å². The fourth-order valence-corrected chi connectivity index (χ4v) is 10.3. The number of hydrogen-bond acceptors (Lipinski definition) is 2. The van der Waals surface area contributed by atoms with Gasteiger partial charge in [-0.15, -0.1) is 11.3 Å². The number of benzene rings is 9. The van der Waals surface area contributed by atoms with E-state index < -0.39 is 5.41 Å². The van der Waals surface area contributed by atoms with Gasteiger partial charge in [0.25, 0.3) is 0 Å². The third kappa shape index (κ3) is 4.85. The van der Waals surface area contributed by atoms with Crippen LogP contribution in [-0.4, -0.2) is 0 Å². The van der Waals surface area contributed by atoms with Crippen molar-refractivity contribution in [2.24, 2.45) is 0 Å². The van der Waals surface area contributed by atoms with Gasteiger partial charge in [0.2, 0.25) is 0 Å². The van der Waals surface area contributed by atoms with Gasteiger partial charge in [-0.3, -0.25) is 0 Å². The molecule has 0 spiro atoms. The van der Waals surface area contributed by atoms with Crippen molar-refractivity contribution in [3.05, 3.63) is 235 Å². The van der Waals surface area contributed by atoms with E-state index >= 15 is 0 Å². The Morgan fingerprint density at radius 3 is 1.78 bits per heavy atom. The van der Waals surface area contributed by atoms with Gasteiger partial charge in [0.15, 0.2) is 0 Å². The summed E-state index contributed by atoms with van der Waals surface area (Å²) in [7, 11) is 0. The van der Waals surface area contributed by atoms with Crippen LogP contribution in [0.2, 0.25) is 0 Å². The van der Waals surface area contributed by atoms with Crippen LogP contribution in [0.25, 0.3) is 53.2 Å². The molecule has 10 aromatic rings. The van der Waals surface area contributed by atoms with Crippen LogP contribution < -0.4 is 4.90 Å². The topological polar surface area (TPSA) is 3.24 Å². The Balaban J connectivity index is 1.20. The molecule has 0 bridgehead atoms. The smallest absolute Gasteiger partial charge is 0.0714 e. The van der Waals surface area contributed by atoms with Crippen LogP contribution in [0.4, 0.5) is 17.1 Å². The maximum Gasteiger partial charge on any atom is 0.0714 e. The van der Waals surface area contributed by atoms with E-state index in [1.165, 1.54) is 75.5 Å². The summed E-state index contributed by atoms with van der Waals surface area (Å²) >= 11 is 1.86. The van der Waals surface area contributed by atoms with E-state index in [0.717, 1.165) is 17.1 Å². The fraction of sp³-hybridized carbons (Fsp3) is 0.0189. The first-order chi connectivity index (χ1) is 27.3. The second-order valence-electron chi connectivity index (χ2n) is 14.4. The molecule has 0 unspecified atom stereocenters. The van der Waals surface area contributed by atoms with Gasteiger partial charge in [-0.05, 0) is 86.8 Å². The van der Waals surface area contributed by atoms with E-state index in [1.54, 1.807) is 0 Å². The summed E-state index contributed by atoms with van der Waals surface area (Å²) in [6, 6.07) is 78.4. The molecule has 0 N–H and O–H groups in total. The molecule has 1 aliphatic carbocycles. The summed E-state index contributed by atoms with van der Waals surface area (Å²) in [5.41, 5.74) is 13.0. The average Bonchev–Trinajstić information content (AvgIpc) is 3.78. The van der Waals surface area contributed by atoms with E-state index in [0.29, 0.717) is 0 Å². The van der Waals surface area contributed by atoms with Crippen LogP contribution >= 0.6 is 11.3 Å². The summed E-state index contributed by atoms with van der Waals surface area (Å²) in [5, 5.41) is 5.03. The van der Waals surface area contributed by atoms with Crippen molar-refractivity contribution in [1.82, 2.24) is 0 Å². The predicted molar refractivity (Wildman–Crippen MR) is 234 cm³/mol. The summed E-state index contributed by atoms with van der Waals surface area (Å²) < 4.78 is 2.63. The van der Waals surface area contributed by atoms with Gasteiger partial charge in [0, 0.05) is 36.8 Å². The zero-order valence-electron chi connectivity index (χ0n) is 30.1. The highest BCUT2D eigenvalue weighted by atomic mass is 32.1. The molecule has 11 rings (SSSR count). The number of nitrogens with zero attached hydrogens (tertiary/aromatic N) is 1. The first-order valence-corrected chi connectivity index (χ1v) is 19.7. The molecule has 9 aromatic carbocycles. The van der Waals surface area contributed by atoms with E-state index in [4.69, 9.17) is 0 Å². The molecule has 2 heteroatoms. The van der Waals surface area contributed by atoms with Crippen LogP contribution in [0.5, 0.6) is 0 Å². The monoisotopic (exact) mass is 717 g/mol. The fourth-order valence-electron chi connectivity index (χ4n) is 9.19. The van der Waals surface area contributed by atoms with Crippen LogP contribution in [-0.2, 0) is 5.41 Å². The normalized spacial score (nSPS) is 12.9. The summed E-state index contributed by atoms with van der Waals surface area (Å²) in [5.74, 6) is 0. The molecule has 0 atom stereocenters. The van der Waals surface area contributed by atoms with E-state index in [2.05, 4.69) is 217 Å². The first-order valence-electron chi connectivity index (χ1n) is 18.9. The molecular weight excluding hydrogens is 683 g/mol. The Morgan fingerprint density at radius 2 is 0.964 bits per heavy atom. The second-order valence-corrected chi connectivity index (χ2v) is 15.5. The Labute approximate surface area is 325 Å². The Hall–Kier alpha value is -6.74. The van der Waals surface area contributed by atoms with Crippen LogP contribution in [0, 0.1) is 0 Å². The number of rotatable bonds is 6. The van der Waals surface area contributed by atoms with Gasteiger partial charge in [0.05, 0.1) is 16.8 Å². The molecule has 1 heterocycles. The van der Waals surface area contributed by atoms with Crippen molar-refractivity contribution in [2.45, 2.75) is 5.41 Å². The van der Waals surface area contributed by atoms with Crippen molar-refractivity contribution in [1.29, 1.82) is 0 Å². The Morgan fingerprint density at radius 1 is 0.364 bits per heavy atom. The summed E-state index contributed by atoms with van der Waals surface area (Å²) in [4.78, 5) is 2.50. The lowest BCUT2D eigenvalue weighted by Gasteiger charge is -2.35. The van der Waals surface area contributed by atoms with Crippen molar-refractivity contribution in [2.75, 3.05) is 4.90 Å². The van der Waals surface area contributed by atoms with E-state index in [1.807, 2.05) is 11.3 Å². The first kappa shape index (κ1) is 31.8. The van der Waals surface area contributed by atoms with Gasteiger partial charge in [0.1, 0.15) is 0 Å². The molecule has 0 saturated heterocycles. The zero-order valence-corrected chi connectivity index (χ0v) is 30.9. The lowest BCUT2D eigenvalue weighted by molar-refractivity contribution is 0.768. The van der Waals surface area contributed by atoms with Gasteiger partial charge < -0.3 is 4.90 Å². The molecule has 55 heavy (non-hydrogen) atoms. The van der Waals surface area contributed by atoms with E-state index in [-0.39, 0.29) is 0 Å². The molecule has 0 saturated carbocycles. The minimum absolute atomic E-state index is 0.501. The molecule has 1 aromatic heterocycles. The van der Waals surface area contributed by atoms with E-state index in [9.17, 15) is 0 Å². The van der Waals surface area contributed by atoms with Crippen molar-refractivity contribution < 1.29 is 0 Å². The predicted octanol–water partition coefficient (Wildman–Crippen LogP) is 14.7. The molecular formula is C53H35NS. The SMILES string of the molecule is c1ccc(C2(c3ccccc3)c3ccccc3-c3ccc(N(c4ccccc4-c4ccc5sc6ccccc6c5c4)c4cccc5ccccc45)cc32)cc1. The van der Waals surface area contributed by atoms with Gasteiger partial charge in [-0.1, -0.05) is 170 Å². The van der Waals surface area contributed by atoms with Crippen LogP contribution in [0.15, 0.2) is 212 Å². The molecule has 1 nitrogen and oxygen atoms in total. The number of thiophene rings is 1. The molecule has 0 fully saturated rings. The standard InChI is InChI=1S/C53H35NS/c1-3-18-38(19-4-1)53(39-20-5-2-6-21-39)47-26-12-9-24-43(47)44-32-31-40(35-48(44)53)54(50-28-15-17-36-16-7-8-22-41(36)50)49-27-13-10-23-42(49)37-30-33-52-46(34-37)45-25-11-14-29-51(45)55-52/h1-35H. The lowest BCUT2D eigenvalue weighted by Crippen LogP contribution is -2.28.